The Balaban J connectivity index is 2.51. The summed E-state index contributed by atoms with van der Waals surface area (Å²) in [6.45, 7) is 1.93. The molecule has 0 atom stereocenters. The number of ether oxygens (including phenoxy) is 1. The number of halogens is 1. The standard InChI is InChI=1S/C13H11BrN2O2/c1-8-3-4-10(14)9(7-8)12(17)11-13(18-2)16-6-5-15-11/h3-7H,1-2H3. The number of ketones is 1. The average Bonchev–Trinajstić information content (AvgIpc) is 2.40. The van der Waals surface area contributed by atoms with E-state index in [1.165, 1.54) is 19.5 Å². The van der Waals surface area contributed by atoms with Gasteiger partial charge in [-0.1, -0.05) is 27.6 Å². The van der Waals surface area contributed by atoms with Crippen molar-refractivity contribution in [1.82, 2.24) is 9.97 Å². The number of nitrogens with zero attached hydrogens (tertiary/aromatic N) is 2. The van der Waals surface area contributed by atoms with Crippen molar-refractivity contribution in [3.63, 3.8) is 0 Å². The largest absolute Gasteiger partial charge is 0.479 e. The molecule has 92 valence electrons. The van der Waals surface area contributed by atoms with Gasteiger partial charge >= 0.3 is 0 Å². The number of hydrogen-bond acceptors (Lipinski definition) is 4. The van der Waals surface area contributed by atoms with Crippen LogP contribution in [0.5, 0.6) is 5.88 Å². The molecular weight excluding hydrogens is 296 g/mol. The zero-order chi connectivity index (χ0) is 13.1. The Morgan fingerprint density at radius 1 is 1.28 bits per heavy atom. The molecule has 0 N–H and O–H groups in total. The fourth-order valence-corrected chi connectivity index (χ4v) is 2.00. The van der Waals surface area contributed by atoms with Crippen LogP contribution in [-0.4, -0.2) is 22.9 Å². The van der Waals surface area contributed by atoms with Gasteiger partial charge in [0.25, 0.3) is 0 Å². The number of methoxy groups -OCH3 is 1. The first-order valence-corrected chi connectivity index (χ1v) is 6.08. The predicted octanol–water partition coefficient (Wildman–Crippen LogP) is 2.79. The van der Waals surface area contributed by atoms with E-state index in [0.29, 0.717) is 5.56 Å². The fourth-order valence-electron chi connectivity index (χ4n) is 1.57. The number of carbonyl (C=O) groups excluding carboxylic acids is 1. The predicted molar refractivity (Wildman–Crippen MR) is 70.9 cm³/mol. The molecule has 1 heterocycles. The lowest BCUT2D eigenvalue weighted by Gasteiger charge is -2.07. The van der Waals surface area contributed by atoms with Gasteiger partial charge in [0, 0.05) is 22.4 Å². The van der Waals surface area contributed by atoms with Gasteiger partial charge < -0.3 is 4.74 Å². The Bertz CT molecular complexity index is 599. The summed E-state index contributed by atoms with van der Waals surface area (Å²) in [5, 5.41) is 0. The molecule has 0 bridgehead atoms. The maximum Gasteiger partial charge on any atom is 0.243 e. The second-order valence-electron chi connectivity index (χ2n) is 3.73. The molecule has 0 aliphatic heterocycles. The van der Waals surface area contributed by atoms with Crippen LogP contribution >= 0.6 is 15.9 Å². The maximum absolute atomic E-state index is 12.4. The van der Waals surface area contributed by atoms with Gasteiger partial charge in [-0.3, -0.25) is 4.79 Å². The Kier molecular flexibility index (Phi) is 3.72. The van der Waals surface area contributed by atoms with Crippen molar-refractivity contribution < 1.29 is 9.53 Å². The van der Waals surface area contributed by atoms with Gasteiger partial charge in [0.1, 0.15) is 0 Å². The maximum atomic E-state index is 12.4. The van der Waals surface area contributed by atoms with Crippen molar-refractivity contribution in [2.45, 2.75) is 6.92 Å². The van der Waals surface area contributed by atoms with Crippen molar-refractivity contribution in [3.05, 3.63) is 51.9 Å². The van der Waals surface area contributed by atoms with Crippen molar-refractivity contribution in [2.75, 3.05) is 7.11 Å². The van der Waals surface area contributed by atoms with Crippen LogP contribution in [0, 0.1) is 6.92 Å². The van der Waals surface area contributed by atoms with E-state index in [2.05, 4.69) is 25.9 Å². The average molecular weight is 307 g/mol. The zero-order valence-corrected chi connectivity index (χ0v) is 11.6. The van der Waals surface area contributed by atoms with Crippen LogP contribution in [0.4, 0.5) is 0 Å². The Hall–Kier alpha value is -1.75. The third-order valence-corrected chi connectivity index (χ3v) is 3.13. The molecular formula is C13H11BrN2O2. The lowest BCUT2D eigenvalue weighted by molar-refractivity contribution is 0.102. The van der Waals surface area contributed by atoms with E-state index in [1.54, 1.807) is 6.07 Å². The number of rotatable bonds is 3. The van der Waals surface area contributed by atoms with E-state index in [9.17, 15) is 4.79 Å². The van der Waals surface area contributed by atoms with Crippen LogP contribution in [0.25, 0.3) is 0 Å². The van der Waals surface area contributed by atoms with Gasteiger partial charge in [-0.2, -0.15) is 0 Å². The third-order valence-electron chi connectivity index (χ3n) is 2.44. The van der Waals surface area contributed by atoms with Gasteiger partial charge in [0.05, 0.1) is 7.11 Å². The van der Waals surface area contributed by atoms with E-state index in [4.69, 9.17) is 4.74 Å². The van der Waals surface area contributed by atoms with E-state index in [0.717, 1.165) is 10.0 Å². The fraction of sp³-hybridized carbons (Fsp3) is 0.154. The van der Waals surface area contributed by atoms with Gasteiger partial charge in [-0.05, 0) is 19.1 Å². The third kappa shape index (κ3) is 2.41. The smallest absolute Gasteiger partial charge is 0.243 e. The first kappa shape index (κ1) is 12.7. The van der Waals surface area contributed by atoms with Crippen molar-refractivity contribution in [2.24, 2.45) is 0 Å². The van der Waals surface area contributed by atoms with Gasteiger partial charge in [0.2, 0.25) is 11.7 Å². The highest BCUT2D eigenvalue weighted by atomic mass is 79.9. The van der Waals surface area contributed by atoms with Crippen LogP contribution in [0.3, 0.4) is 0 Å². The second kappa shape index (κ2) is 5.27. The topological polar surface area (TPSA) is 52.1 Å². The summed E-state index contributed by atoms with van der Waals surface area (Å²) < 4.78 is 5.78. The molecule has 1 aromatic heterocycles. The number of benzene rings is 1. The number of aromatic nitrogens is 2. The van der Waals surface area contributed by atoms with Crippen molar-refractivity contribution in [1.29, 1.82) is 0 Å². The van der Waals surface area contributed by atoms with Crippen LogP contribution < -0.4 is 4.74 Å². The Morgan fingerprint density at radius 2 is 2.00 bits per heavy atom. The molecule has 0 amide bonds. The molecule has 2 aromatic rings. The van der Waals surface area contributed by atoms with Crippen molar-refractivity contribution in [3.8, 4) is 5.88 Å². The highest BCUT2D eigenvalue weighted by molar-refractivity contribution is 9.10. The van der Waals surface area contributed by atoms with Gasteiger partial charge in [0.15, 0.2) is 5.69 Å². The summed E-state index contributed by atoms with van der Waals surface area (Å²) in [6.07, 6.45) is 2.96. The minimum absolute atomic E-state index is 0.212. The zero-order valence-electron chi connectivity index (χ0n) is 9.98. The number of carbonyl (C=O) groups is 1. The lowest BCUT2D eigenvalue weighted by atomic mass is 10.1. The normalized spacial score (nSPS) is 10.2. The van der Waals surface area contributed by atoms with E-state index in [1.807, 2.05) is 19.1 Å². The molecule has 5 heteroatoms. The Labute approximate surface area is 113 Å². The van der Waals surface area contributed by atoms with Gasteiger partial charge in [-0.15, -0.1) is 0 Å². The van der Waals surface area contributed by atoms with E-state index < -0.39 is 0 Å². The molecule has 2 rings (SSSR count). The highest BCUT2D eigenvalue weighted by Gasteiger charge is 2.19. The molecule has 0 aliphatic rings. The number of hydrogen-bond donors (Lipinski definition) is 0. The van der Waals surface area contributed by atoms with Crippen molar-refractivity contribution >= 4 is 21.7 Å². The van der Waals surface area contributed by atoms with Crippen LogP contribution in [0.2, 0.25) is 0 Å². The molecule has 0 radical (unpaired) electrons. The van der Waals surface area contributed by atoms with Crippen LogP contribution in [0.15, 0.2) is 35.1 Å². The monoisotopic (exact) mass is 306 g/mol. The molecule has 0 saturated carbocycles. The first-order valence-electron chi connectivity index (χ1n) is 5.29. The quantitative estimate of drug-likeness (QED) is 0.818. The summed E-state index contributed by atoms with van der Waals surface area (Å²) in [7, 11) is 1.46. The Morgan fingerprint density at radius 3 is 2.72 bits per heavy atom. The van der Waals surface area contributed by atoms with Gasteiger partial charge in [-0.25, -0.2) is 9.97 Å². The number of aryl methyl sites for hydroxylation is 1. The SMILES string of the molecule is COc1nccnc1C(=O)c1cc(C)ccc1Br. The molecule has 4 nitrogen and oxygen atoms in total. The minimum atomic E-state index is -0.212. The molecule has 18 heavy (non-hydrogen) atoms. The molecule has 0 unspecified atom stereocenters. The molecule has 0 fully saturated rings. The molecule has 1 aromatic carbocycles. The first-order chi connectivity index (χ1) is 8.63. The van der Waals surface area contributed by atoms with E-state index in [-0.39, 0.29) is 17.4 Å². The second-order valence-corrected chi connectivity index (χ2v) is 4.58. The molecule has 0 spiro atoms. The molecule has 0 aliphatic carbocycles. The summed E-state index contributed by atoms with van der Waals surface area (Å²) >= 11 is 3.36. The molecule has 0 saturated heterocycles. The van der Waals surface area contributed by atoms with E-state index >= 15 is 0 Å². The highest BCUT2D eigenvalue weighted by Crippen LogP contribution is 2.23. The lowest BCUT2D eigenvalue weighted by Crippen LogP contribution is -2.08. The summed E-state index contributed by atoms with van der Waals surface area (Å²) in [4.78, 5) is 20.4. The summed E-state index contributed by atoms with van der Waals surface area (Å²) in [5.41, 5.74) is 1.77. The minimum Gasteiger partial charge on any atom is -0.479 e. The van der Waals surface area contributed by atoms with Crippen LogP contribution in [0.1, 0.15) is 21.6 Å². The van der Waals surface area contributed by atoms with Crippen LogP contribution in [-0.2, 0) is 0 Å². The summed E-state index contributed by atoms with van der Waals surface area (Å²) in [5.74, 6) is 0.0198. The summed E-state index contributed by atoms with van der Waals surface area (Å²) in [6, 6.07) is 5.57.